The molecular formula is C29H47O7P. The first-order valence-electron chi connectivity index (χ1n) is 14.1. The molecule has 0 spiro atoms. The maximum Gasteiger partial charge on any atom is 0.511 e. The predicted octanol–water partition coefficient (Wildman–Crippen LogP) is 8.66. The third-order valence-corrected chi connectivity index (χ3v) is 7.27. The van der Waals surface area contributed by atoms with E-state index in [4.69, 9.17) is 28.1 Å². The van der Waals surface area contributed by atoms with Crippen molar-refractivity contribution < 1.29 is 32.6 Å². The van der Waals surface area contributed by atoms with Crippen molar-refractivity contribution >= 4 is 18.6 Å². The van der Waals surface area contributed by atoms with Crippen molar-refractivity contribution in [2.24, 2.45) is 0 Å². The van der Waals surface area contributed by atoms with E-state index in [0.29, 0.717) is 25.6 Å². The number of phosphoric acid groups is 1. The summed E-state index contributed by atoms with van der Waals surface area (Å²) in [6.45, 7) is 6.34. The van der Waals surface area contributed by atoms with Crippen LogP contribution in [0.25, 0.3) is 10.8 Å². The Morgan fingerprint density at radius 3 is 1.95 bits per heavy atom. The molecule has 1 unspecified atom stereocenters. The number of hydrogen-bond donors (Lipinski definition) is 0. The highest BCUT2D eigenvalue weighted by atomic mass is 31.2. The Morgan fingerprint density at radius 1 is 0.622 bits per heavy atom. The Balaban J connectivity index is 1.73. The summed E-state index contributed by atoms with van der Waals surface area (Å²) in [5, 5.41) is 1.84. The van der Waals surface area contributed by atoms with Crippen molar-refractivity contribution in [2.75, 3.05) is 39.6 Å². The third-order valence-electron chi connectivity index (χ3n) is 6.02. The molecule has 0 heterocycles. The maximum atomic E-state index is 13.3. The van der Waals surface area contributed by atoms with Crippen LogP contribution in [0.15, 0.2) is 42.5 Å². The second kappa shape index (κ2) is 20.5. The number of rotatable bonds is 24. The molecule has 0 aliphatic carbocycles. The quantitative estimate of drug-likeness (QED) is 0.0573. The molecule has 37 heavy (non-hydrogen) atoms. The minimum absolute atomic E-state index is 0.0561. The van der Waals surface area contributed by atoms with Gasteiger partial charge in [0.15, 0.2) is 5.75 Å². The molecule has 0 aromatic heterocycles. The van der Waals surface area contributed by atoms with Crippen molar-refractivity contribution in [3.05, 3.63) is 42.5 Å². The molecule has 1 atom stereocenters. The number of fused-ring (bicyclic) bond motifs is 1. The smallest absolute Gasteiger partial charge is 0.379 e. The van der Waals surface area contributed by atoms with Gasteiger partial charge >= 0.3 is 7.82 Å². The van der Waals surface area contributed by atoms with Crippen molar-refractivity contribution in [3.63, 3.8) is 0 Å². The Kier molecular flexibility index (Phi) is 17.6. The van der Waals surface area contributed by atoms with Gasteiger partial charge in [0.25, 0.3) is 0 Å². The molecule has 2 rings (SSSR count). The fourth-order valence-electron chi connectivity index (χ4n) is 3.95. The largest absolute Gasteiger partial charge is 0.511 e. The summed E-state index contributed by atoms with van der Waals surface area (Å²) < 4.78 is 40.3. The number of hydrogen-bond acceptors (Lipinski definition) is 7. The Labute approximate surface area is 223 Å². The lowest BCUT2D eigenvalue weighted by molar-refractivity contribution is -0.132. The van der Waals surface area contributed by atoms with Crippen molar-refractivity contribution in [2.45, 2.75) is 84.5 Å². The predicted molar refractivity (Wildman–Crippen MR) is 149 cm³/mol. The lowest BCUT2D eigenvalue weighted by atomic mass is 10.1. The molecule has 2 aromatic rings. The fourth-order valence-corrected chi connectivity index (χ4v) is 4.93. The number of benzene rings is 2. The van der Waals surface area contributed by atoms with E-state index in [2.05, 4.69) is 6.92 Å². The number of unbranched alkanes of at least 4 members (excludes halogenated alkanes) is 10. The summed E-state index contributed by atoms with van der Waals surface area (Å²) in [5.41, 5.74) is 0. The molecule has 0 N–H and O–H groups in total. The van der Waals surface area contributed by atoms with Gasteiger partial charge in [-0.3, -0.25) is 9.05 Å². The standard InChI is InChI=1S/C29H47O7P/c1-3-5-6-7-8-9-10-11-12-13-16-22-33-37(30,34-26-25-32-24-23-31-4-2)36-35-29-21-17-19-27-18-14-15-20-28(27)29/h14-15,17-21H,3-13,16,22-26H2,1-2H3. The van der Waals surface area contributed by atoms with Crippen LogP contribution >= 0.6 is 7.82 Å². The van der Waals surface area contributed by atoms with Crippen LogP contribution in [-0.2, 0) is 27.8 Å². The average molecular weight is 539 g/mol. The van der Waals surface area contributed by atoms with Gasteiger partial charge in [0.05, 0.1) is 33.0 Å². The van der Waals surface area contributed by atoms with Crippen LogP contribution in [0.1, 0.15) is 84.5 Å². The van der Waals surface area contributed by atoms with E-state index < -0.39 is 7.82 Å². The molecule has 2 aromatic carbocycles. The van der Waals surface area contributed by atoms with Gasteiger partial charge in [0.2, 0.25) is 0 Å². The molecule has 0 aliphatic heterocycles. The van der Waals surface area contributed by atoms with Crippen LogP contribution in [0.2, 0.25) is 0 Å². The molecule has 8 heteroatoms. The van der Waals surface area contributed by atoms with E-state index in [0.717, 1.165) is 30.0 Å². The highest BCUT2D eigenvalue weighted by molar-refractivity contribution is 7.48. The molecule has 7 nitrogen and oxygen atoms in total. The van der Waals surface area contributed by atoms with Crippen LogP contribution in [0, 0.1) is 0 Å². The Morgan fingerprint density at radius 2 is 1.22 bits per heavy atom. The van der Waals surface area contributed by atoms with Gasteiger partial charge in [-0.2, -0.15) is 0 Å². The molecule has 0 aliphatic rings. The molecule has 0 bridgehead atoms. The zero-order valence-corrected chi connectivity index (χ0v) is 23.8. The lowest BCUT2D eigenvalue weighted by Crippen LogP contribution is -2.11. The fraction of sp³-hybridized carbons (Fsp3) is 0.655. The molecular weight excluding hydrogens is 491 g/mol. The summed E-state index contributed by atoms with van der Waals surface area (Å²) in [7, 11) is -3.94. The summed E-state index contributed by atoms with van der Waals surface area (Å²) in [5.74, 6) is 0.452. The molecule has 0 fully saturated rings. The Bertz CT molecular complexity index is 871. The number of ether oxygens (including phenoxy) is 2. The van der Waals surface area contributed by atoms with Crippen LogP contribution in [0.4, 0.5) is 0 Å². The normalized spacial score (nSPS) is 13.1. The third kappa shape index (κ3) is 14.3. The van der Waals surface area contributed by atoms with Gasteiger partial charge in [0.1, 0.15) is 0 Å². The molecule has 210 valence electrons. The van der Waals surface area contributed by atoms with Crippen molar-refractivity contribution in [1.29, 1.82) is 0 Å². The zero-order valence-electron chi connectivity index (χ0n) is 22.9. The minimum atomic E-state index is -3.94. The lowest BCUT2D eigenvalue weighted by Gasteiger charge is -2.17. The van der Waals surface area contributed by atoms with Crippen LogP contribution in [0.3, 0.4) is 0 Å². The summed E-state index contributed by atoms with van der Waals surface area (Å²) in [4.78, 5) is 5.48. The van der Waals surface area contributed by atoms with E-state index in [1.54, 1.807) is 6.07 Å². The summed E-state index contributed by atoms with van der Waals surface area (Å²) in [6, 6.07) is 13.3. The van der Waals surface area contributed by atoms with Crippen LogP contribution in [-0.4, -0.2) is 39.6 Å². The van der Waals surface area contributed by atoms with E-state index in [1.165, 1.54) is 51.4 Å². The molecule has 0 saturated carbocycles. The molecule has 0 amide bonds. The van der Waals surface area contributed by atoms with E-state index in [9.17, 15) is 4.57 Å². The highest BCUT2D eigenvalue weighted by Crippen LogP contribution is 2.50. The van der Waals surface area contributed by atoms with E-state index >= 15 is 0 Å². The topological polar surface area (TPSA) is 72.5 Å². The molecule has 0 saturated heterocycles. The van der Waals surface area contributed by atoms with E-state index in [-0.39, 0.29) is 19.8 Å². The summed E-state index contributed by atoms with van der Waals surface area (Å²) >= 11 is 0. The second-order valence-corrected chi connectivity index (χ2v) is 10.7. The first-order chi connectivity index (χ1) is 18.2. The van der Waals surface area contributed by atoms with Crippen LogP contribution in [0.5, 0.6) is 5.75 Å². The van der Waals surface area contributed by atoms with Crippen molar-refractivity contribution in [1.82, 2.24) is 0 Å². The first-order valence-corrected chi connectivity index (χ1v) is 15.5. The van der Waals surface area contributed by atoms with Crippen molar-refractivity contribution in [3.8, 4) is 5.75 Å². The maximum absolute atomic E-state index is 13.3. The second-order valence-electron chi connectivity index (χ2n) is 9.09. The van der Waals surface area contributed by atoms with Crippen LogP contribution < -0.4 is 4.89 Å². The van der Waals surface area contributed by atoms with E-state index in [1.807, 2.05) is 43.3 Å². The van der Waals surface area contributed by atoms with Gasteiger partial charge in [-0.15, -0.1) is 0 Å². The first kappa shape index (κ1) is 31.7. The van der Waals surface area contributed by atoms with Gasteiger partial charge in [0, 0.05) is 12.0 Å². The molecule has 0 radical (unpaired) electrons. The highest BCUT2D eigenvalue weighted by Gasteiger charge is 2.29. The van der Waals surface area contributed by atoms with Gasteiger partial charge in [-0.05, 0) is 24.8 Å². The van der Waals surface area contributed by atoms with Gasteiger partial charge in [-0.25, -0.2) is 4.57 Å². The monoisotopic (exact) mass is 538 g/mol. The van der Waals surface area contributed by atoms with Gasteiger partial charge in [-0.1, -0.05) is 112 Å². The minimum Gasteiger partial charge on any atom is -0.379 e. The Hall–Kier alpha value is -1.47. The van der Waals surface area contributed by atoms with Gasteiger partial charge < -0.3 is 14.4 Å². The average Bonchev–Trinajstić information content (AvgIpc) is 2.92. The SMILES string of the molecule is CCCCCCCCCCCCCOP(=O)(OCCOCCOCC)OOc1cccc2ccccc12. The zero-order chi connectivity index (χ0) is 26.4. The summed E-state index contributed by atoms with van der Waals surface area (Å²) in [6.07, 6.45) is 13.5. The number of phosphoric ester groups is 1.